The van der Waals surface area contributed by atoms with Crippen LogP contribution in [0.1, 0.15) is 5.56 Å². The Morgan fingerprint density at radius 2 is 0.906 bits per heavy atom. The van der Waals surface area contributed by atoms with Crippen molar-refractivity contribution in [1.29, 1.82) is 5.26 Å². The first-order valence-electron chi connectivity index (χ1n) is 17.5. The molecule has 0 unspecified atom stereocenters. The molecule has 0 aliphatic heterocycles. The number of para-hydroxylation sites is 1. The van der Waals surface area contributed by atoms with Crippen LogP contribution < -0.4 is 0 Å². The van der Waals surface area contributed by atoms with Gasteiger partial charge in [-0.25, -0.2) is 15.0 Å². The molecular weight excluding hydrogens is 649 g/mol. The highest BCUT2D eigenvalue weighted by atomic mass is 16.3. The molecule has 0 N–H and O–H groups in total. The zero-order chi connectivity index (χ0) is 35.3. The number of hydrogen-bond donors (Lipinski definition) is 0. The van der Waals surface area contributed by atoms with Crippen molar-refractivity contribution in [2.45, 2.75) is 0 Å². The van der Waals surface area contributed by atoms with Crippen molar-refractivity contribution in [3.05, 3.63) is 175 Å². The predicted molar refractivity (Wildman–Crippen MR) is 214 cm³/mol. The van der Waals surface area contributed by atoms with Crippen LogP contribution in [0.5, 0.6) is 0 Å². The quantitative estimate of drug-likeness (QED) is 0.170. The van der Waals surface area contributed by atoms with Gasteiger partial charge in [-0.2, -0.15) is 5.26 Å². The standard InChI is InChI=1S/C48H28N4O/c49-29-36-15-7-8-16-37(36)35-24-26-38-39-25-23-34(27-42(39)45-44(41(38)28-35)40-17-9-10-18-43(40)53-45)30-19-21-33(22-20-30)48-51-46(31-11-3-1-4-12-31)50-47(52-48)32-13-5-2-6-14-32/h1-28H. The molecule has 53 heavy (non-hydrogen) atoms. The highest BCUT2D eigenvalue weighted by molar-refractivity contribution is 6.30. The fraction of sp³-hybridized carbons (Fsp3) is 0. The minimum absolute atomic E-state index is 0.620. The molecule has 0 fully saturated rings. The maximum absolute atomic E-state index is 9.84. The number of aromatic nitrogens is 3. The van der Waals surface area contributed by atoms with Gasteiger partial charge in [0.15, 0.2) is 17.5 Å². The lowest BCUT2D eigenvalue weighted by Gasteiger charge is -2.12. The zero-order valence-corrected chi connectivity index (χ0v) is 28.4. The largest absolute Gasteiger partial charge is 0.455 e. The second-order valence-corrected chi connectivity index (χ2v) is 13.1. The second-order valence-electron chi connectivity index (χ2n) is 13.1. The van der Waals surface area contributed by atoms with Crippen LogP contribution in [-0.2, 0) is 0 Å². The lowest BCUT2D eigenvalue weighted by molar-refractivity contribution is 0.673. The Balaban J connectivity index is 1.11. The van der Waals surface area contributed by atoms with E-state index in [1.54, 1.807) is 0 Å². The molecular formula is C48H28N4O. The normalized spacial score (nSPS) is 11.4. The summed E-state index contributed by atoms with van der Waals surface area (Å²) in [7, 11) is 0. The molecule has 0 bridgehead atoms. The number of rotatable bonds is 5. The fourth-order valence-electron chi connectivity index (χ4n) is 7.38. The minimum Gasteiger partial charge on any atom is -0.455 e. The van der Waals surface area contributed by atoms with Gasteiger partial charge < -0.3 is 4.42 Å². The van der Waals surface area contributed by atoms with Gasteiger partial charge in [0.1, 0.15) is 11.2 Å². The Morgan fingerprint density at radius 3 is 1.58 bits per heavy atom. The van der Waals surface area contributed by atoms with Gasteiger partial charge in [-0.3, -0.25) is 0 Å². The van der Waals surface area contributed by atoms with E-state index in [0.29, 0.717) is 23.0 Å². The summed E-state index contributed by atoms with van der Waals surface area (Å²) < 4.78 is 6.65. The monoisotopic (exact) mass is 676 g/mol. The second kappa shape index (κ2) is 12.4. The molecule has 0 atom stereocenters. The lowest BCUT2D eigenvalue weighted by Crippen LogP contribution is -2.00. The average Bonchev–Trinajstić information content (AvgIpc) is 3.64. The van der Waals surface area contributed by atoms with E-state index in [1.807, 2.05) is 97.1 Å². The van der Waals surface area contributed by atoms with Crippen molar-refractivity contribution in [1.82, 2.24) is 15.0 Å². The van der Waals surface area contributed by atoms with Crippen LogP contribution >= 0.6 is 0 Å². The van der Waals surface area contributed by atoms with Crippen molar-refractivity contribution in [2.75, 3.05) is 0 Å². The summed E-state index contributed by atoms with van der Waals surface area (Å²) in [5.74, 6) is 1.89. The first-order valence-corrected chi connectivity index (χ1v) is 17.5. The summed E-state index contributed by atoms with van der Waals surface area (Å²) in [6.45, 7) is 0. The van der Waals surface area contributed by atoms with Gasteiger partial charge in [0, 0.05) is 32.8 Å². The molecule has 2 aromatic heterocycles. The highest BCUT2D eigenvalue weighted by Gasteiger charge is 2.18. The Labute approximate surface area is 305 Å². The summed E-state index contributed by atoms with van der Waals surface area (Å²) in [6.07, 6.45) is 0. The lowest BCUT2D eigenvalue weighted by atomic mass is 9.91. The summed E-state index contributed by atoms with van der Waals surface area (Å²) >= 11 is 0. The van der Waals surface area contributed by atoms with Gasteiger partial charge in [-0.15, -0.1) is 0 Å². The smallest absolute Gasteiger partial charge is 0.164 e. The summed E-state index contributed by atoms with van der Waals surface area (Å²) in [5, 5.41) is 16.4. The fourth-order valence-corrected chi connectivity index (χ4v) is 7.38. The Morgan fingerprint density at radius 1 is 0.396 bits per heavy atom. The van der Waals surface area contributed by atoms with Gasteiger partial charge in [0.25, 0.3) is 0 Å². The minimum atomic E-state index is 0.620. The van der Waals surface area contributed by atoms with E-state index in [0.717, 1.165) is 82.4 Å². The van der Waals surface area contributed by atoms with E-state index >= 15 is 0 Å². The van der Waals surface area contributed by atoms with Gasteiger partial charge in [-0.1, -0.05) is 146 Å². The molecule has 2 heterocycles. The van der Waals surface area contributed by atoms with Crippen molar-refractivity contribution < 1.29 is 4.42 Å². The van der Waals surface area contributed by atoms with Gasteiger partial charge in [0.2, 0.25) is 0 Å². The van der Waals surface area contributed by atoms with Crippen LogP contribution in [0.15, 0.2) is 174 Å². The predicted octanol–water partition coefficient (Wildman–Crippen LogP) is 12.3. The number of benzene rings is 8. The van der Waals surface area contributed by atoms with Crippen LogP contribution in [-0.4, -0.2) is 15.0 Å². The molecule has 5 heteroatoms. The maximum Gasteiger partial charge on any atom is 0.164 e. The Kier molecular flexibility index (Phi) is 7.12. The molecule has 0 aliphatic rings. The molecule has 0 saturated heterocycles. The van der Waals surface area contributed by atoms with Crippen molar-refractivity contribution in [3.63, 3.8) is 0 Å². The number of nitrogens with zero attached hydrogens (tertiary/aromatic N) is 4. The molecule has 8 aromatic carbocycles. The third-order valence-electron chi connectivity index (χ3n) is 9.97. The van der Waals surface area contributed by atoms with E-state index in [-0.39, 0.29) is 0 Å². The molecule has 0 radical (unpaired) electrons. The Hall–Kier alpha value is -7.42. The van der Waals surface area contributed by atoms with Gasteiger partial charge in [0.05, 0.1) is 11.6 Å². The van der Waals surface area contributed by atoms with E-state index in [2.05, 4.69) is 78.9 Å². The third kappa shape index (κ3) is 5.21. The first-order chi connectivity index (χ1) is 26.2. The van der Waals surface area contributed by atoms with Crippen LogP contribution in [0.25, 0.3) is 99.9 Å². The number of furan rings is 1. The van der Waals surface area contributed by atoms with Crippen molar-refractivity contribution >= 4 is 43.5 Å². The molecule has 10 rings (SSSR count). The SMILES string of the molecule is N#Cc1ccccc1-c1ccc2c3ccc(-c4ccc(-c5nc(-c6ccccc6)nc(-c6ccccc6)n5)cc4)cc3c3oc4ccccc4c3c2c1. The molecule has 10 aromatic rings. The molecule has 246 valence electrons. The maximum atomic E-state index is 9.84. The molecule has 5 nitrogen and oxygen atoms in total. The third-order valence-corrected chi connectivity index (χ3v) is 9.97. The number of nitriles is 1. The highest BCUT2D eigenvalue weighted by Crippen LogP contribution is 2.43. The summed E-state index contributed by atoms with van der Waals surface area (Å²) in [6, 6.07) is 59.9. The van der Waals surface area contributed by atoms with Gasteiger partial charge >= 0.3 is 0 Å². The van der Waals surface area contributed by atoms with E-state index in [4.69, 9.17) is 19.4 Å². The molecule has 0 amide bonds. The molecule has 0 aliphatic carbocycles. The van der Waals surface area contributed by atoms with E-state index < -0.39 is 0 Å². The van der Waals surface area contributed by atoms with E-state index in [9.17, 15) is 5.26 Å². The average molecular weight is 677 g/mol. The molecule has 0 spiro atoms. The van der Waals surface area contributed by atoms with Crippen LogP contribution in [0.3, 0.4) is 0 Å². The Bertz CT molecular complexity index is 2990. The van der Waals surface area contributed by atoms with E-state index in [1.165, 1.54) is 0 Å². The van der Waals surface area contributed by atoms with Crippen molar-refractivity contribution in [3.8, 4) is 62.5 Å². The van der Waals surface area contributed by atoms with Crippen LogP contribution in [0, 0.1) is 11.3 Å². The van der Waals surface area contributed by atoms with Crippen LogP contribution in [0.2, 0.25) is 0 Å². The van der Waals surface area contributed by atoms with Crippen molar-refractivity contribution in [2.24, 2.45) is 0 Å². The number of hydrogen-bond acceptors (Lipinski definition) is 5. The first kappa shape index (κ1) is 30.4. The number of fused-ring (bicyclic) bond motifs is 8. The molecule has 0 saturated carbocycles. The summed E-state index contributed by atoms with van der Waals surface area (Å²) in [5.41, 5.74) is 9.21. The topological polar surface area (TPSA) is 75.6 Å². The van der Waals surface area contributed by atoms with Crippen LogP contribution in [0.4, 0.5) is 0 Å². The summed E-state index contributed by atoms with van der Waals surface area (Å²) in [4.78, 5) is 14.7. The zero-order valence-electron chi connectivity index (χ0n) is 28.4. The van der Waals surface area contributed by atoms with Gasteiger partial charge in [-0.05, 0) is 62.7 Å².